The highest BCUT2D eigenvalue weighted by atomic mass is 32.1. The van der Waals surface area contributed by atoms with E-state index in [0.717, 1.165) is 36.2 Å². The molecule has 124 valence electrons. The minimum Gasteiger partial charge on any atom is -0.351 e. The molecule has 6 heteroatoms. The number of carbonyl (C=O) groups is 1. The number of carbonyl (C=O) groups excluding carboxylic acids is 1. The second-order valence-corrected chi connectivity index (χ2v) is 7.42. The normalized spacial score (nSPS) is 22.7. The predicted octanol–water partition coefficient (Wildman–Crippen LogP) is 1.74. The van der Waals surface area contributed by atoms with Crippen LogP contribution in [-0.4, -0.2) is 48.5 Å². The van der Waals surface area contributed by atoms with Gasteiger partial charge >= 0.3 is 0 Å². The van der Waals surface area contributed by atoms with Gasteiger partial charge < -0.3 is 16.0 Å². The largest absolute Gasteiger partial charge is 0.351 e. The minimum atomic E-state index is -0.0695. The summed E-state index contributed by atoms with van der Waals surface area (Å²) in [5.74, 6) is 1.50. The number of nitrogens with two attached hydrogens (primary N) is 1. The highest BCUT2D eigenvalue weighted by Gasteiger charge is 2.21. The van der Waals surface area contributed by atoms with E-state index < -0.39 is 0 Å². The van der Waals surface area contributed by atoms with E-state index in [1.807, 2.05) is 5.38 Å². The lowest BCUT2D eigenvalue weighted by atomic mass is 9.92. The van der Waals surface area contributed by atoms with E-state index in [0.29, 0.717) is 18.8 Å². The zero-order chi connectivity index (χ0) is 15.9. The van der Waals surface area contributed by atoms with Crippen LogP contribution in [0.15, 0.2) is 5.38 Å². The summed E-state index contributed by atoms with van der Waals surface area (Å²) >= 11 is 1.50. The summed E-state index contributed by atoms with van der Waals surface area (Å²) in [4.78, 5) is 18.8. The van der Waals surface area contributed by atoms with Crippen molar-refractivity contribution in [3.8, 4) is 0 Å². The van der Waals surface area contributed by atoms with Crippen molar-refractivity contribution >= 4 is 17.2 Å². The number of piperidine rings is 1. The van der Waals surface area contributed by atoms with Crippen LogP contribution in [0, 0.1) is 11.8 Å². The van der Waals surface area contributed by atoms with Gasteiger partial charge in [0.25, 0.3) is 5.91 Å². The van der Waals surface area contributed by atoms with Crippen molar-refractivity contribution in [1.29, 1.82) is 0 Å². The Morgan fingerprint density at radius 2 is 2.18 bits per heavy atom. The van der Waals surface area contributed by atoms with Gasteiger partial charge in [-0.25, -0.2) is 4.98 Å². The molecule has 2 heterocycles. The molecule has 2 rings (SSSR count). The third-order valence-corrected chi connectivity index (χ3v) is 4.93. The quantitative estimate of drug-likeness (QED) is 0.750. The first kappa shape index (κ1) is 17.4. The summed E-state index contributed by atoms with van der Waals surface area (Å²) in [5.41, 5.74) is 6.02. The molecule has 1 aromatic rings. The van der Waals surface area contributed by atoms with Gasteiger partial charge in [-0.15, -0.1) is 11.3 Å². The van der Waals surface area contributed by atoms with Crippen LogP contribution in [0.1, 0.15) is 42.2 Å². The van der Waals surface area contributed by atoms with Crippen LogP contribution >= 0.6 is 11.3 Å². The van der Waals surface area contributed by atoms with E-state index >= 15 is 0 Å². The van der Waals surface area contributed by atoms with Crippen molar-refractivity contribution in [2.24, 2.45) is 17.6 Å². The van der Waals surface area contributed by atoms with Crippen LogP contribution in [0.5, 0.6) is 0 Å². The molecule has 0 radical (unpaired) electrons. The van der Waals surface area contributed by atoms with E-state index in [1.54, 1.807) is 0 Å². The van der Waals surface area contributed by atoms with E-state index in [9.17, 15) is 4.79 Å². The summed E-state index contributed by atoms with van der Waals surface area (Å²) < 4.78 is 0. The molecule has 1 amide bonds. The Morgan fingerprint density at radius 3 is 2.86 bits per heavy atom. The fraction of sp³-hybridized carbons (Fsp3) is 0.750. The third kappa shape index (κ3) is 5.34. The molecular weight excluding hydrogens is 296 g/mol. The molecule has 1 fully saturated rings. The Labute approximate surface area is 137 Å². The van der Waals surface area contributed by atoms with Crippen molar-refractivity contribution in [2.45, 2.75) is 33.1 Å². The summed E-state index contributed by atoms with van der Waals surface area (Å²) in [6.45, 7) is 9.37. The second kappa shape index (κ2) is 8.60. The average molecular weight is 324 g/mol. The number of likely N-dealkylation sites (tertiary alicyclic amines) is 1. The Bertz CT molecular complexity index is 466. The zero-order valence-electron chi connectivity index (χ0n) is 13.7. The topological polar surface area (TPSA) is 71.2 Å². The molecular formula is C16H28N4OS. The summed E-state index contributed by atoms with van der Waals surface area (Å²) in [6.07, 6.45) is 3.07. The predicted molar refractivity (Wildman–Crippen MR) is 91.2 cm³/mol. The molecule has 1 saturated heterocycles. The van der Waals surface area contributed by atoms with Gasteiger partial charge in [0.2, 0.25) is 0 Å². The number of aromatic nitrogens is 1. The molecule has 1 aromatic heterocycles. The zero-order valence-corrected chi connectivity index (χ0v) is 14.5. The lowest BCUT2D eigenvalue weighted by Crippen LogP contribution is -2.40. The van der Waals surface area contributed by atoms with Gasteiger partial charge in [-0.3, -0.25) is 4.79 Å². The molecule has 0 aliphatic carbocycles. The van der Waals surface area contributed by atoms with E-state index in [4.69, 9.17) is 5.73 Å². The molecule has 5 nitrogen and oxygen atoms in total. The van der Waals surface area contributed by atoms with E-state index in [1.165, 1.54) is 30.8 Å². The van der Waals surface area contributed by atoms with E-state index in [-0.39, 0.29) is 5.91 Å². The Hall–Kier alpha value is -0.980. The summed E-state index contributed by atoms with van der Waals surface area (Å²) in [6, 6.07) is 0. The number of nitrogens with one attached hydrogen (secondary N) is 1. The average Bonchev–Trinajstić information content (AvgIpc) is 2.91. The molecule has 1 aliphatic rings. The van der Waals surface area contributed by atoms with Gasteiger partial charge in [0.15, 0.2) is 0 Å². The maximum absolute atomic E-state index is 12.0. The first-order chi connectivity index (χ1) is 10.6. The number of hydrogen-bond donors (Lipinski definition) is 2. The van der Waals surface area contributed by atoms with Crippen molar-refractivity contribution in [2.75, 3.05) is 32.7 Å². The Kier molecular flexibility index (Phi) is 6.79. The van der Waals surface area contributed by atoms with Crippen LogP contribution in [-0.2, 0) is 6.42 Å². The maximum Gasteiger partial charge on any atom is 0.270 e. The summed E-state index contributed by atoms with van der Waals surface area (Å²) in [7, 11) is 0. The molecule has 22 heavy (non-hydrogen) atoms. The maximum atomic E-state index is 12.0. The molecule has 0 aromatic carbocycles. The highest BCUT2D eigenvalue weighted by molar-refractivity contribution is 7.09. The van der Waals surface area contributed by atoms with Gasteiger partial charge in [0.05, 0.1) is 5.01 Å². The monoisotopic (exact) mass is 324 g/mol. The second-order valence-electron chi connectivity index (χ2n) is 6.48. The number of amides is 1. The molecule has 0 saturated carbocycles. The molecule has 2 unspecified atom stereocenters. The van der Waals surface area contributed by atoms with Crippen LogP contribution in [0.25, 0.3) is 0 Å². The third-order valence-electron chi connectivity index (χ3n) is 4.02. The highest BCUT2D eigenvalue weighted by Crippen LogP contribution is 2.20. The van der Waals surface area contributed by atoms with Gasteiger partial charge in [0, 0.05) is 31.4 Å². The van der Waals surface area contributed by atoms with Crippen molar-refractivity contribution in [1.82, 2.24) is 15.2 Å². The van der Waals surface area contributed by atoms with Crippen LogP contribution in [0.2, 0.25) is 0 Å². The standard InChI is InChI=1S/C16H28N4OS/c1-12-8-13(2)10-20(9-12)7-3-6-18-16(21)14-11-22-15(19-14)4-5-17/h11-13H,3-10,17H2,1-2H3,(H,18,21). The fourth-order valence-corrected chi connectivity index (χ4v) is 4.02. The summed E-state index contributed by atoms with van der Waals surface area (Å²) in [5, 5.41) is 5.71. The van der Waals surface area contributed by atoms with Gasteiger partial charge in [-0.05, 0) is 37.8 Å². The smallest absolute Gasteiger partial charge is 0.270 e. The van der Waals surface area contributed by atoms with Crippen molar-refractivity contribution in [3.63, 3.8) is 0 Å². The van der Waals surface area contributed by atoms with Crippen LogP contribution in [0.4, 0.5) is 0 Å². The molecule has 2 atom stereocenters. The SMILES string of the molecule is CC1CC(C)CN(CCCNC(=O)c2csc(CCN)n2)C1. The first-order valence-electron chi connectivity index (χ1n) is 8.23. The molecule has 0 bridgehead atoms. The van der Waals surface area contributed by atoms with Crippen molar-refractivity contribution < 1.29 is 4.79 Å². The molecule has 1 aliphatic heterocycles. The number of thiazole rings is 1. The van der Waals surface area contributed by atoms with Gasteiger partial charge in [0.1, 0.15) is 5.69 Å². The Balaban J connectivity index is 1.66. The lowest BCUT2D eigenvalue weighted by Gasteiger charge is -2.34. The number of rotatable bonds is 7. The van der Waals surface area contributed by atoms with E-state index in [2.05, 4.69) is 29.0 Å². The minimum absolute atomic E-state index is 0.0695. The molecule has 0 spiro atoms. The van der Waals surface area contributed by atoms with Crippen molar-refractivity contribution in [3.05, 3.63) is 16.1 Å². The fourth-order valence-electron chi connectivity index (χ4n) is 3.22. The number of nitrogens with zero attached hydrogens (tertiary/aromatic N) is 2. The van der Waals surface area contributed by atoms with Gasteiger partial charge in [-0.1, -0.05) is 13.8 Å². The first-order valence-corrected chi connectivity index (χ1v) is 9.11. The lowest BCUT2D eigenvalue weighted by molar-refractivity contribution is 0.0943. The molecule has 3 N–H and O–H groups in total. The van der Waals surface area contributed by atoms with Crippen LogP contribution < -0.4 is 11.1 Å². The van der Waals surface area contributed by atoms with Gasteiger partial charge in [-0.2, -0.15) is 0 Å². The van der Waals surface area contributed by atoms with Crippen LogP contribution in [0.3, 0.4) is 0 Å². The number of hydrogen-bond acceptors (Lipinski definition) is 5. The Morgan fingerprint density at radius 1 is 1.45 bits per heavy atom.